The maximum Gasteiger partial charge on any atom is 0.319 e. The molecule has 1 aliphatic heterocycles. The van der Waals surface area contributed by atoms with Gasteiger partial charge < -0.3 is 25.2 Å². The molecule has 1 heterocycles. The SMILES string of the molecule is COCCN(C)CCCNC(=O)Nc1ccc(C(=O)N2CCC(C)CC2)cc1C. The first kappa shape index (κ1) is 23.2. The summed E-state index contributed by atoms with van der Waals surface area (Å²) in [5.74, 6) is 0.769. The van der Waals surface area contributed by atoms with Crippen LogP contribution < -0.4 is 10.6 Å². The summed E-state index contributed by atoms with van der Waals surface area (Å²) >= 11 is 0. The molecule has 7 heteroatoms. The molecule has 2 N–H and O–H groups in total. The van der Waals surface area contributed by atoms with Crippen molar-refractivity contribution in [3.63, 3.8) is 0 Å². The zero-order valence-corrected chi connectivity index (χ0v) is 18.3. The minimum absolute atomic E-state index is 0.0774. The largest absolute Gasteiger partial charge is 0.383 e. The number of piperidine rings is 1. The van der Waals surface area contributed by atoms with Crippen LogP contribution in [0.1, 0.15) is 42.1 Å². The number of hydrogen-bond donors (Lipinski definition) is 2. The molecule has 0 aromatic heterocycles. The predicted octanol–water partition coefficient (Wildman–Crippen LogP) is 2.96. The van der Waals surface area contributed by atoms with Gasteiger partial charge in [0.1, 0.15) is 0 Å². The fourth-order valence-corrected chi connectivity index (χ4v) is 3.41. The summed E-state index contributed by atoms with van der Waals surface area (Å²) in [6.07, 6.45) is 2.99. The van der Waals surface area contributed by atoms with Crippen LogP contribution in [0.25, 0.3) is 0 Å². The molecular formula is C22H36N4O3. The van der Waals surface area contributed by atoms with Gasteiger partial charge in [0.25, 0.3) is 5.91 Å². The van der Waals surface area contributed by atoms with Crippen LogP contribution in [0.4, 0.5) is 10.5 Å². The number of urea groups is 1. The number of aryl methyl sites for hydroxylation is 1. The van der Waals surface area contributed by atoms with E-state index in [2.05, 4.69) is 22.5 Å². The number of carbonyl (C=O) groups is 2. The second-order valence-electron chi connectivity index (χ2n) is 8.03. The van der Waals surface area contributed by atoms with Gasteiger partial charge in [0.2, 0.25) is 0 Å². The number of hydrogen-bond acceptors (Lipinski definition) is 4. The summed E-state index contributed by atoms with van der Waals surface area (Å²) in [7, 11) is 3.73. The van der Waals surface area contributed by atoms with E-state index < -0.39 is 0 Å². The molecule has 0 saturated carbocycles. The molecule has 0 aliphatic carbocycles. The average Bonchev–Trinajstić information content (AvgIpc) is 2.71. The van der Waals surface area contributed by atoms with Crippen LogP contribution in [0.2, 0.25) is 0 Å². The molecule has 1 aromatic rings. The summed E-state index contributed by atoms with van der Waals surface area (Å²) in [5.41, 5.74) is 2.29. The number of anilines is 1. The standard InChI is InChI=1S/C22H36N4O3/c1-17-8-12-26(13-9-17)21(27)19-6-7-20(18(2)16-19)24-22(28)23-10-5-11-25(3)14-15-29-4/h6-7,16-17H,5,8-15H2,1-4H3,(H2,23,24,28). The Morgan fingerprint density at radius 2 is 1.97 bits per heavy atom. The van der Waals surface area contributed by atoms with Crippen molar-refractivity contribution >= 4 is 17.6 Å². The highest BCUT2D eigenvalue weighted by atomic mass is 16.5. The molecule has 29 heavy (non-hydrogen) atoms. The van der Waals surface area contributed by atoms with E-state index >= 15 is 0 Å². The Bertz CT molecular complexity index is 672. The van der Waals surface area contributed by atoms with Crippen LogP contribution in [-0.2, 0) is 4.74 Å². The fourth-order valence-electron chi connectivity index (χ4n) is 3.41. The van der Waals surface area contributed by atoms with Crippen molar-refractivity contribution in [1.82, 2.24) is 15.1 Å². The third kappa shape index (κ3) is 7.66. The molecule has 3 amide bonds. The summed E-state index contributed by atoms with van der Waals surface area (Å²) in [6.45, 7) is 8.88. The Morgan fingerprint density at radius 1 is 1.24 bits per heavy atom. The Morgan fingerprint density at radius 3 is 2.62 bits per heavy atom. The van der Waals surface area contributed by atoms with E-state index in [4.69, 9.17) is 4.74 Å². The molecule has 0 spiro atoms. The van der Waals surface area contributed by atoms with Crippen molar-refractivity contribution < 1.29 is 14.3 Å². The lowest BCUT2D eigenvalue weighted by molar-refractivity contribution is 0.0697. The number of methoxy groups -OCH3 is 1. The third-order valence-electron chi connectivity index (χ3n) is 5.47. The van der Waals surface area contributed by atoms with Gasteiger partial charge in [-0.05, 0) is 69.5 Å². The van der Waals surface area contributed by atoms with Gasteiger partial charge >= 0.3 is 6.03 Å². The van der Waals surface area contributed by atoms with E-state index in [0.29, 0.717) is 24.6 Å². The summed E-state index contributed by atoms with van der Waals surface area (Å²) in [6, 6.07) is 5.25. The summed E-state index contributed by atoms with van der Waals surface area (Å²) in [5, 5.41) is 5.76. The molecule has 0 bridgehead atoms. The molecule has 1 saturated heterocycles. The molecule has 0 atom stereocenters. The maximum absolute atomic E-state index is 12.7. The van der Waals surface area contributed by atoms with Gasteiger partial charge in [-0.1, -0.05) is 6.92 Å². The number of likely N-dealkylation sites (N-methyl/N-ethyl adjacent to an activating group) is 1. The van der Waals surface area contributed by atoms with Crippen molar-refractivity contribution in [2.45, 2.75) is 33.1 Å². The molecule has 0 radical (unpaired) electrons. The van der Waals surface area contributed by atoms with Crippen molar-refractivity contribution in [1.29, 1.82) is 0 Å². The number of amides is 3. The third-order valence-corrected chi connectivity index (χ3v) is 5.47. The molecule has 1 aromatic carbocycles. The van der Waals surface area contributed by atoms with E-state index in [1.807, 2.05) is 31.0 Å². The van der Waals surface area contributed by atoms with Crippen LogP contribution in [-0.4, -0.2) is 75.2 Å². The highest BCUT2D eigenvalue weighted by Crippen LogP contribution is 2.21. The predicted molar refractivity (Wildman–Crippen MR) is 116 cm³/mol. The van der Waals surface area contributed by atoms with Crippen molar-refractivity contribution in [2.24, 2.45) is 5.92 Å². The van der Waals surface area contributed by atoms with Crippen molar-refractivity contribution in [3.8, 4) is 0 Å². The maximum atomic E-state index is 12.7. The van der Waals surface area contributed by atoms with Gasteiger partial charge in [0.05, 0.1) is 6.61 Å². The van der Waals surface area contributed by atoms with Gasteiger partial charge in [-0.3, -0.25) is 4.79 Å². The molecule has 0 unspecified atom stereocenters. The quantitative estimate of drug-likeness (QED) is 0.621. The molecular weight excluding hydrogens is 368 g/mol. The van der Waals surface area contributed by atoms with E-state index in [1.165, 1.54) is 0 Å². The van der Waals surface area contributed by atoms with E-state index in [0.717, 1.165) is 56.7 Å². The number of nitrogens with one attached hydrogen (secondary N) is 2. The zero-order chi connectivity index (χ0) is 21.2. The first-order valence-electron chi connectivity index (χ1n) is 10.5. The Kier molecular flexibility index (Phi) is 9.41. The van der Waals surface area contributed by atoms with Crippen molar-refractivity contribution in [3.05, 3.63) is 29.3 Å². The number of benzene rings is 1. The number of likely N-dealkylation sites (tertiary alicyclic amines) is 1. The molecule has 1 fully saturated rings. The van der Waals surface area contributed by atoms with Gasteiger partial charge in [-0.15, -0.1) is 0 Å². The summed E-state index contributed by atoms with van der Waals surface area (Å²) < 4.78 is 5.05. The second-order valence-corrected chi connectivity index (χ2v) is 8.03. The molecule has 7 nitrogen and oxygen atoms in total. The molecule has 162 valence electrons. The molecule has 2 rings (SSSR count). The number of nitrogens with zero attached hydrogens (tertiary/aromatic N) is 2. The smallest absolute Gasteiger partial charge is 0.319 e. The van der Waals surface area contributed by atoms with Crippen LogP contribution in [0.15, 0.2) is 18.2 Å². The first-order valence-corrected chi connectivity index (χ1v) is 10.5. The Hall–Kier alpha value is -2.12. The Labute approximate surface area is 174 Å². The normalized spacial score (nSPS) is 14.9. The minimum Gasteiger partial charge on any atom is -0.383 e. The first-order chi connectivity index (χ1) is 13.9. The van der Waals surface area contributed by atoms with Gasteiger partial charge in [0, 0.05) is 44.5 Å². The van der Waals surface area contributed by atoms with E-state index in [9.17, 15) is 9.59 Å². The lowest BCUT2D eigenvalue weighted by atomic mass is 9.98. The highest BCUT2D eigenvalue weighted by Gasteiger charge is 2.21. The summed E-state index contributed by atoms with van der Waals surface area (Å²) in [4.78, 5) is 29.0. The Balaban J connectivity index is 1.78. The topological polar surface area (TPSA) is 73.9 Å². The van der Waals surface area contributed by atoms with Crippen LogP contribution in [0.3, 0.4) is 0 Å². The minimum atomic E-state index is -0.225. The second kappa shape index (κ2) is 11.8. The monoisotopic (exact) mass is 404 g/mol. The van der Waals surface area contributed by atoms with Crippen LogP contribution in [0.5, 0.6) is 0 Å². The van der Waals surface area contributed by atoms with Crippen LogP contribution in [0, 0.1) is 12.8 Å². The lowest BCUT2D eigenvalue weighted by Gasteiger charge is -2.30. The van der Waals surface area contributed by atoms with Crippen molar-refractivity contribution in [2.75, 3.05) is 58.8 Å². The van der Waals surface area contributed by atoms with E-state index in [-0.39, 0.29) is 11.9 Å². The highest BCUT2D eigenvalue weighted by molar-refractivity contribution is 5.96. The molecule has 1 aliphatic rings. The van der Waals surface area contributed by atoms with Gasteiger partial charge in [-0.2, -0.15) is 0 Å². The van der Waals surface area contributed by atoms with Gasteiger partial charge in [0.15, 0.2) is 0 Å². The lowest BCUT2D eigenvalue weighted by Crippen LogP contribution is -2.38. The van der Waals surface area contributed by atoms with Crippen LogP contribution >= 0.6 is 0 Å². The van der Waals surface area contributed by atoms with E-state index in [1.54, 1.807) is 13.2 Å². The van der Waals surface area contributed by atoms with Gasteiger partial charge in [-0.25, -0.2) is 4.79 Å². The fraction of sp³-hybridized carbons (Fsp3) is 0.636. The number of ether oxygens (including phenoxy) is 1. The number of carbonyl (C=O) groups excluding carboxylic acids is 2. The average molecular weight is 405 g/mol. The zero-order valence-electron chi connectivity index (χ0n) is 18.3. The number of rotatable bonds is 9.